The van der Waals surface area contributed by atoms with Crippen LogP contribution in [-0.4, -0.2) is 16.3 Å². The number of rotatable bonds is 10. The zero-order chi connectivity index (χ0) is 14.8. The Morgan fingerprint density at radius 3 is 2.62 bits per heavy atom. The fourth-order valence-electron chi connectivity index (χ4n) is 2.55. The van der Waals surface area contributed by atoms with Crippen LogP contribution in [0.5, 0.6) is 0 Å². The smallest absolute Gasteiger partial charge is 0.0690 e. The average Bonchev–Trinajstić information content (AvgIpc) is 3.04. The fraction of sp³-hybridized carbons (Fsp3) is 0.500. The van der Waals surface area contributed by atoms with E-state index in [0.717, 1.165) is 18.8 Å². The monoisotopic (exact) mass is 285 g/mol. The quantitative estimate of drug-likeness (QED) is 0.659. The second-order valence-electron chi connectivity index (χ2n) is 5.52. The molecule has 0 aliphatic carbocycles. The van der Waals surface area contributed by atoms with Crippen molar-refractivity contribution in [3.8, 4) is 5.69 Å². The molecule has 3 nitrogen and oxygen atoms in total. The molecule has 0 aliphatic rings. The van der Waals surface area contributed by atoms with Crippen molar-refractivity contribution in [3.63, 3.8) is 0 Å². The van der Waals surface area contributed by atoms with Gasteiger partial charge < -0.3 is 5.32 Å². The molecular formula is C18H27N3. The van der Waals surface area contributed by atoms with Crippen molar-refractivity contribution in [2.45, 2.75) is 52.0 Å². The van der Waals surface area contributed by atoms with Crippen LogP contribution in [0, 0.1) is 0 Å². The van der Waals surface area contributed by atoms with Gasteiger partial charge in [-0.05, 0) is 30.7 Å². The molecular weight excluding hydrogens is 258 g/mol. The largest absolute Gasteiger partial charge is 0.313 e. The Labute approximate surface area is 128 Å². The van der Waals surface area contributed by atoms with Gasteiger partial charge in [0.2, 0.25) is 0 Å². The highest BCUT2D eigenvalue weighted by atomic mass is 15.3. The maximum absolute atomic E-state index is 4.32. The first-order valence-corrected chi connectivity index (χ1v) is 8.20. The van der Waals surface area contributed by atoms with Crippen molar-refractivity contribution in [1.29, 1.82) is 0 Å². The number of unbranched alkanes of at least 4 members (excludes halogenated alkanes) is 5. The summed E-state index contributed by atoms with van der Waals surface area (Å²) >= 11 is 0. The number of para-hydroxylation sites is 1. The standard InChI is InChI=1S/C18H27N3/c1-2-3-4-5-6-9-13-19-16-17-11-7-8-12-18(17)21-15-10-14-20-21/h7-8,10-12,14-15,19H,2-6,9,13,16H2,1H3. The first kappa shape index (κ1) is 15.8. The number of nitrogens with one attached hydrogen (secondary N) is 1. The average molecular weight is 285 g/mol. The first-order valence-electron chi connectivity index (χ1n) is 8.20. The lowest BCUT2D eigenvalue weighted by Crippen LogP contribution is -2.16. The molecule has 0 aliphatic heterocycles. The van der Waals surface area contributed by atoms with Gasteiger partial charge in [-0.15, -0.1) is 0 Å². The number of benzene rings is 1. The molecule has 21 heavy (non-hydrogen) atoms. The maximum atomic E-state index is 4.32. The van der Waals surface area contributed by atoms with E-state index in [1.165, 1.54) is 44.1 Å². The third kappa shape index (κ3) is 5.35. The molecule has 0 atom stereocenters. The lowest BCUT2D eigenvalue weighted by Gasteiger charge is -2.10. The van der Waals surface area contributed by atoms with Crippen molar-refractivity contribution in [2.75, 3.05) is 6.54 Å². The van der Waals surface area contributed by atoms with Gasteiger partial charge in [-0.3, -0.25) is 0 Å². The molecule has 3 heteroatoms. The highest BCUT2D eigenvalue weighted by Gasteiger charge is 2.03. The zero-order valence-corrected chi connectivity index (χ0v) is 13.1. The van der Waals surface area contributed by atoms with E-state index in [4.69, 9.17) is 0 Å². The molecule has 0 amide bonds. The van der Waals surface area contributed by atoms with Gasteiger partial charge in [-0.1, -0.05) is 57.2 Å². The van der Waals surface area contributed by atoms with Crippen LogP contribution >= 0.6 is 0 Å². The van der Waals surface area contributed by atoms with E-state index >= 15 is 0 Å². The molecule has 0 radical (unpaired) electrons. The summed E-state index contributed by atoms with van der Waals surface area (Å²) in [7, 11) is 0. The highest BCUT2D eigenvalue weighted by Crippen LogP contribution is 2.13. The zero-order valence-electron chi connectivity index (χ0n) is 13.1. The second kappa shape index (κ2) is 9.35. The van der Waals surface area contributed by atoms with Crippen molar-refractivity contribution in [2.24, 2.45) is 0 Å². The molecule has 0 fully saturated rings. The van der Waals surface area contributed by atoms with Crippen LogP contribution in [-0.2, 0) is 6.54 Å². The minimum atomic E-state index is 0.908. The molecule has 1 aromatic heterocycles. The normalized spacial score (nSPS) is 10.9. The van der Waals surface area contributed by atoms with Crippen molar-refractivity contribution in [1.82, 2.24) is 15.1 Å². The summed E-state index contributed by atoms with van der Waals surface area (Å²) in [4.78, 5) is 0. The summed E-state index contributed by atoms with van der Waals surface area (Å²) in [6.07, 6.45) is 11.9. The van der Waals surface area contributed by atoms with Gasteiger partial charge in [0, 0.05) is 18.9 Å². The molecule has 1 aromatic carbocycles. The van der Waals surface area contributed by atoms with Gasteiger partial charge in [-0.25, -0.2) is 4.68 Å². The number of aromatic nitrogens is 2. The Balaban J connectivity index is 1.72. The molecule has 2 aromatic rings. The van der Waals surface area contributed by atoms with Crippen LogP contribution < -0.4 is 5.32 Å². The molecule has 0 spiro atoms. The molecule has 2 rings (SSSR count). The van der Waals surface area contributed by atoms with Gasteiger partial charge in [0.15, 0.2) is 0 Å². The Morgan fingerprint density at radius 2 is 1.81 bits per heavy atom. The molecule has 1 N–H and O–H groups in total. The van der Waals surface area contributed by atoms with Gasteiger partial charge in [0.05, 0.1) is 5.69 Å². The van der Waals surface area contributed by atoms with Crippen LogP contribution in [0.4, 0.5) is 0 Å². The summed E-state index contributed by atoms with van der Waals surface area (Å²) < 4.78 is 1.93. The minimum Gasteiger partial charge on any atom is -0.313 e. The molecule has 1 heterocycles. The lowest BCUT2D eigenvalue weighted by molar-refractivity contribution is 0.571. The summed E-state index contributed by atoms with van der Waals surface area (Å²) in [6, 6.07) is 10.4. The van der Waals surface area contributed by atoms with E-state index in [1.807, 2.05) is 23.1 Å². The predicted octanol–water partition coefficient (Wildman–Crippen LogP) is 4.32. The Kier molecular flexibility index (Phi) is 7.02. The van der Waals surface area contributed by atoms with Crippen LogP contribution in [0.2, 0.25) is 0 Å². The van der Waals surface area contributed by atoms with Gasteiger partial charge >= 0.3 is 0 Å². The van der Waals surface area contributed by atoms with Crippen molar-refractivity contribution >= 4 is 0 Å². The van der Waals surface area contributed by atoms with Gasteiger partial charge in [-0.2, -0.15) is 5.10 Å². The van der Waals surface area contributed by atoms with Crippen LogP contribution in [0.1, 0.15) is 51.0 Å². The van der Waals surface area contributed by atoms with E-state index < -0.39 is 0 Å². The Morgan fingerprint density at radius 1 is 1.00 bits per heavy atom. The summed E-state index contributed by atoms with van der Waals surface area (Å²) in [5.74, 6) is 0. The third-order valence-electron chi connectivity index (χ3n) is 3.77. The molecule has 114 valence electrons. The third-order valence-corrected chi connectivity index (χ3v) is 3.77. The van der Waals surface area contributed by atoms with Crippen LogP contribution in [0.3, 0.4) is 0 Å². The van der Waals surface area contributed by atoms with Crippen LogP contribution in [0.25, 0.3) is 5.69 Å². The molecule has 0 unspecified atom stereocenters. The predicted molar refractivity (Wildman–Crippen MR) is 88.6 cm³/mol. The van der Waals surface area contributed by atoms with Crippen LogP contribution in [0.15, 0.2) is 42.7 Å². The molecule has 0 saturated carbocycles. The van der Waals surface area contributed by atoms with E-state index in [9.17, 15) is 0 Å². The fourth-order valence-corrected chi connectivity index (χ4v) is 2.55. The lowest BCUT2D eigenvalue weighted by atomic mass is 10.1. The summed E-state index contributed by atoms with van der Waals surface area (Å²) in [5, 5.41) is 7.88. The maximum Gasteiger partial charge on any atom is 0.0690 e. The molecule has 0 bridgehead atoms. The number of nitrogens with zero attached hydrogens (tertiary/aromatic N) is 2. The van der Waals surface area contributed by atoms with Gasteiger partial charge in [0.25, 0.3) is 0 Å². The van der Waals surface area contributed by atoms with Gasteiger partial charge in [0.1, 0.15) is 0 Å². The van der Waals surface area contributed by atoms with E-state index in [0.29, 0.717) is 0 Å². The van der Waals surface area contributed by atoms with Crippen molar-refractivity contribution < 1.29 is 0 Å². The Bertz CT molecular complexity index is 491. The van der Waals surface area contributed by atoms with Crippen molar-refractivity contribution in [3.05, 3.63) is 48.3 Å². The minimum absolute atomic E-state index is 0.908. The van der Waals surface area contributed by atoms with E-state index in [-0.39, 0.29) is 0 Å². The first-order chi connectivity index (χ1) is 10.4. The van der Waals surface area contributed by atoms with E-state index in [1.54, 1.807) is 0 Å². The number of hydrogen-bond acceptors (Lipinski definition) is 2. The summed E-state index contributed by atoms with van der Waals surface area (Å²) in [6.45, 7) is 4.27. The SMILES string of the molecule is CCCCCCCCNCc1ccccc1-n1cccn1. The highest BCUT2D eigenvalue weighted by molar-refractivity contribution is 5.40. The Hall–Kier alpha value is -1.61. The number of hydrogen-bond donors (Lipinski definition) is 1. The second-order valence-corrected chi connectivity index (χ2v) is 5.52. The topological polar surface area (TPSA) is 29.9 Å². The molecule has 0 saturated heterocycles. The van der Waals surface area contributed by atoms with E-state index in [2.05, 4.69) is 41.6 Å². The summed E-state index contributed by atoms with van der Waals surface area (Å²) in [5.41, 5.74) is 2.46.